The molecule has 0 aliphatic rings. The molecule has 0 unspecified atom stereocenters. The molecule has 5 heteroatoms. The molecular formula is C15H19N3O2. The van der Waals surface area contributed by atoms with Crippen molar-refractivity contribution in [2.75, 3.05) is 5.32 Å². The van der Waals surface area contributed by atoms with E-state index < -0.39 is 0 Å². The van der Waals surface area contributed by atoms with E-state index in [2.05, 4.69) is 10.4 Å². The molecule has 20 heavy (non-hydrogen) atoms. The van der Waals surface area contributed by atoms with E-state index in [1.165, 1.54) is 0 Å². The lowest BCUT2D eigenvalue weighted by Crippen LogP contribution is -2.14. The second kappa shape index (κ2) is 5.77. The van der Waals surface area contributed by atoms with Crippen molar-refractivity contribution < 1.29 is 9.53 Å². The maximum Gasteiger partial charge on any atom is 0.256 e. The summed E-state index contributed by atoms with van der Waals surface area (Å²) in [5.74, 6) is 1.27. The number of nitrogens with one attached hydrogen (secondary N) is 1. The van der Waals surface area contributed by atoms with Crippen molar-refractivity contribution in [3.05, 3.63) is 41.6 Å². The molecular weight excluding hydrogens is 254 g/mol. The first-order valence-corrected chi connectivity index (χ1v) is 6.54. The summed E-state index contributed by atoms with van der Waals surface area (Å²) in [7, 11) is 1.79. The van der Waals surface area contributed by atoms with Gasteiger partial charge in [0.25, 0.3) is 5.91 Å². The van der Waals surface area contributed by atoms with Crippen LogP contribution in [0.5, 0.6) is 5.75 Å². The van der Waals surface area contributed by atoms with Crippen molar-refractivity contribution >= 4 is 11.7 Å². The summed E-state index contributed by atoms with van der Waals surface area (Å²) >= 11 is 0. The van der Waals surface area contributed by atoms with Crippen molar-refractivity contribution in [3.63, 3.8) is 0 Å². The number of ether oxygens (including phenoxy) is 1. The number of hydrogen-bond acceptors (Lipinski definition) is 3. The Morgan fingerprint density at radius 1 is 1.30 bits per heavy atom. The minimum Gasteiger partial charge on any atom is -0.491 e. The number of nitrogens with zero attached hydrogens (tertiary/aromatic N) is 2. The first kappa shape index (κ1) is 14.1. The van der Waals surface area contributed by atoms with E-state index in [4.69, 9.17) is 4.74 Å². The van der Waals surface area contributed by atoms with E-state index >= 15 is 0 Å². The molecule has 0 atom stereocenters. The van der Waals surface area contributed by atoms with Gasteiger partial charge in [-0.25, -0.2) is 0 Å². The van der Waals surface area contributed by atoms with Crippen LogP contribution in [-0.4, -0.2) is 21.8 Å². The minimum absolute atomic E-state index is 0.118. The van der Waals surface area contributed by atoms with Crippen LogP contribution in [0.25, 0.3) is 0 Å². The number of benzene rings is 1. The predicted octanol–water partition coefficient (Wildman–Crippen LogP) is 2.77. The number of aryl methyl sites for hydroxylation is 2. The lowest BCUT2D eigenvalue weighted by molar-refractivity contribution is 0.102. The summed E-state index contributed by atoms with van der Waals surface area (Å²) in [5, 5.41) is 7.01. The second-order valence-electron chi connectivity index (χ2n) is 4.94. The summed E-state index contributed by atoms with van der Waals surface area (Å²) < 4.78 is 7.19. The fourth-order valence-corrected chi connectivity index (χ4v) is 1.87. The van der Waals surface area contributed by atoms with Gasteiger partial charge in [0.05, 0.1) is 11.8 Å². The zero-order valence-electron chi connectivity index (χ0n) is 12.2. The molecule has 0 saturated heterocycles. The van der Waals surface area contributed by atoms with Crippen LogP contribution in [0.1, 0.15) is 29.9 Å². The SMILES string of the molecule is Cc1cc(NC(=O)c2ccc(OC(C)C)cc2)n(C)n1. The van der Waals surface area contributed by atoms with Gasteiger partial charge in [0.2, 0.25) is 0 Å². The monoisotopic (exact) mass is 273 g/mol. The highest BCUT2D eigenvalue weighted by Crippen LogP contribution is 2.15. The van der Waals surface area contributed by atoms with Crippen molar-refractivity contribution in [2.24, 2.45) is 7.05 Å². The van der Waals surface area contributed by atoms with E-state index in [1.807, 2.05) is 26.8 Å². The van der Waals surface area contributed by atoms with Crippen LogP contribution in [0.2, 0.25) is 0 Å². The molecule has 0 spiro atoms. The molecule has 0 fully saturated rings. The molecule has 0 bridgehead atoms. The van der Waals surface area contributed by atoms with Crippen molar-refractivity contribution in [3.8, 4) is 5.75 Å². The van der Waals surface area contributed by atoms with Gasteiger partial charge in [0.15, 0.2) is 0 Å². The fourth-order valence-electron chi connectivity index (χ4n) is 1.87. The Morgan fingerprint density at radius 2 is 1.95 bits per heavy atom. The van der Waals surface area contributed by atoms with Gasteiger partial charge in [-0.1, -0.05) is 0 Å². The number of aromatic nitrogens is 2. The zero-order chi connectivity index (χ0) is 14.7. The van der Waals surface area contributed by atoms with Gasteiger partial charge >= 0.3 is 0 Å². The van der Waals surface area contributed by atoms with E-state index in [1.54, 1.807) is 36.0 Å². The Kier molecular flexibility index (Phi) is 4.08. The third-order valence-electron chi connectivity index (χ3n) is 2.73. The van der Waals surface area contributed by atoms with E-state index in [0.29, 0.717) is 11.4 Å². The molecule has 0 aliphatic heterocycles. The highest BCUT2D eigenvalue weighted by Gasteiger charge is 2.09. The quantitative estimate of drug-likeness (QED) is 0.932. The zero-order valence-corrected chi connectivity index (χ0v) is 12.2. The predicted molar refractivity (Wildman–Crippen MR) is 78.1 cm³/mol. The average Bonchev–Trinajstić information content (AvgIpc) is 2.68. The number of anilines is 1. The van der Waals surface area contributed by atoms with E-state index in [0.717, 1.165) is 11.4 Å². The third-order valence-corrected chi connectivity index (χ3v) is 2.73. The Hall–Kier alpha value is -2.30. The van der Waals surface area contributed by atoms with Crippen LogP contribution < -0.4 is 10.1 Å². The smallest absolute Gasteiger partial charge is 0.256 e. The van der Waals surface area contributed by atoms with Crippen LogP contribution in [0.4, 0.5) is 5.82 Å². The normalized spacial score (nSPS) is 10.7. The molecule has 106 valence electrons. The van der Waals surface area contributed by atoms with Crippen molar-refractivity contribution in [1.82, 2.24) is 9.78 Å². The average molecular weight is 273 g/mol. The molecule has 0 radical (unpaired) electrons. The molecule has 0 aliphatic carbocycles. The minimum atomic E-state index is -0.163. The van der Waals surface area contributed by atoms with Gasteiger partial charge in [-0.05, 0) is 45.0 Å². The van der Waals surface area contributed by atoms with Crippen LogP contribution in [0.3, 0.4) is 0 Å². The van der Waals surface area contributed by atoms with Gasteiger partial charge in [-0.3, -0.25) is 9.48 Å². The molecule has 1 aromatic heterocycles. The fraction of sp³-hybridized carbons (Fsp3) is 0.333. The number of amides is 1. The van der Waals surface area contributed by atoms with Crippen molar-refractivity contribution in [2.45, 2.75) is 26.9 Å². The van der Waals surface area contributed by atoms with Crippen molar-refractivity contribution in [1.29, 1.82) is 0 Å². The largest absolute Gasteiger partial charge is 0.491 e. The Labute approximate surface area is 118 Å². The number of rotatable bonds is 4. The number of carbonyl (C=O) groups excluding carboxylic acids is 1. The molecule has 1 aromatic carbocycles. The molecule has 1 heterocycles. The first-order valence-electron chi connectivity index (χ1n) is 6.54. The summed E-state index contributed by atoms with van der Waals surface area (Å²) in [6.07, 6.45) is 0.118. The lowest BCUT2D eigenvalue weighted by atomic mass is 10.2. The summed E-state index contributed by atoms with van der Waals surface area (Å²) in [4.78, 5) is 12.1. The first-order chi connectivity index (χ1) is 9.45. The Bertz CT molecular complexity index is 600. The summed E-state index contributed by atoms with van der Waals surface area (Å²) in [6, 6.07) is 8.91. The lowest BCUT2D eigenvalue weighted by Gasteiger charge is -2.10. The molecule has 2 aromatic rings. The van der Waals surface area contributed by atoms with E-state index in [-0.39, 0.29) is 12.0 Å². The molecule has 5 nitrogen and oxygen atoms in total. The summed E-state index contributed by atoms with van der Waals surface area (Å²) in [5.41, 5.74) is 1.45. The maximum atomic E-state index is 12.1. The van der Waals surface area contributed by atoms with Gasteiger partial charge in [-0.15, -0.1) is 0 Å². The number of hydrogen-bond donors (Lipinski definition) is 1. The topological polar surface area (TPSA) is 56.1 Å². The third kappa shape index (κ3) is 3.38. The molecule has 2 rings (SSSR count). The maximum absolute atomic E-state index is 12.1. The molecule has 1 amide bonds. The second-order valence-corrected chi connectivity index (χ2v) is 4.94. The van der Waals surface area contributed by atoms with Crippen LogP contribution in [-0.2, 0) is 7.05 Å². The highest BCUT2D eigenvalue weighted by atomic mass is 16.5. The molecule has 0 saturated carbocycles. The van der Waals surface area contributed by atoms with Crippen LogP contribution in [0, 0.1) is 6.92 Å². The highest BCUT2D eigenvalue weighted by molar-refractivity contribution is 6.03. The van der Waals surface area contributed by atoms with Crippen LogP contribution >= 0.6 is 0 Å². The van der Waals surface area contributed by atoms with Gasteiger partial charge in [-0.2, -0.15) is 5.10 Å². The number of carbonyl (C=O) groups is 1. The standard InChI is InChI=1S/C15H19N3O2/c1-10(2)20-13-7-5-12(6-8-13)15(19)16-14-9-11(3)17-18(14)4/h5-10H,1-4H3,(H,16,19). The Balaban J connectivity index is 2.07. The van der Waals surface area contributed by atoms with Gasteiger partial charge in [0, 0.05) is 18.7 Å². The van der Waals surface area contributed by atoms with Crippen LogP contribution in [0.15, 0.2) is 30.3 Å². The Morgan fingerprint density at radius 3 is 2.45 bits per heavy atom. The molecule has 1 N–H and O–H groups in total. The summed E-state index contributed by atoms with van der Waals surface area (Å²) in [6.45, 7) is 5.81. The van der Waals surface area contributed by atoms with E-state index in [9.17, 15) is 4.79 Å². The van der Waals surface area contributed by atoms with Gasteiger partial charge in [0.1, 0.15) is 11.6 Å². The van der Waals surface area contributed by atoms with Gasteiger partial charge < -0.3 is 10.1 Å².